The maximum atomic E-state index is 12.1. The van der Waals surface area contributed by atoms with Crippen LogP contribution in [0.15, 0.2) is 18.2 Å². The number of benzene rings is 1. The number of amides is 2. The molecule has 112 valence electrons. The number of fused-ring (bicyclic) bond motifs is 1. The van der Waals surface area contributed by atoms with Gasteiger partial charge in [0.25, 0.3) is 5.91 Å². The lowest BCUT2D eigenvalue weighted by Gasteiger charge is -2.21. The van der Waals surface area contributed by atoms with Gasteiger partial charge < -0.3 is 15.4 Å². The summed E-state index contributed by atoms with van der Waals surface area (Å²) in [6.45, 7) is 0.0420. The molecule has 1 aromatic rings. The van der Waals surface area contributed by atoms with Crippen LogP contribution in [0, 0.1) is 5.92 Å². The molecule has 1 aromatic carbocycles. The van der Waals surface area contributed by atoms with E-state index in [1.54, 1.807) is 18.2 Å². The Bertz CT molecular complexity index is 550. The van der Waals surface area contributed by atoms with Crippen molar-refractivity contribution in [2.75, 3.05) is 17.2 Å². The highest BCUT2D eigenvalue weighted by atomic mass is 16.5. The molecule has 0 atom stereocenters. The van der Waals surface area contributed by atoms with E-state index >= 15 is 0 Å². The lowest BCUT2D eigenvalue weighted by atomic mass is 9.87. The number of rotatable bonds is 3. The second-order valence-electron chi connectivity index (χ2n) is 5.80. The largest absolute Gasteiger partial charge is 0.482 e. The smallest absolute Gasteiger partial charge is 0.262 e. The molecule has 1 saturated carbocycles. The van der Waals surface area contributed by atoms with Gasteiger partial charge in [0.05, 0.1) is 5.69 Å². The molecule has 0 radical (unpaired) electrons. The van der Waals surface area contributed by atoms with Crippen LogP contribution in [-0.4, -0.2) is 18.4 Å². The topological polar surface area (TPSA) is 67.4 Å². The van der Waals surface area contributed by atoms with E-state index in [9.17, 15) is 9.59 Å². The van der Waals surface area contributed by atoms with Crippen LogP contribution in [0.25, 0.3) is 0 Å². The van der Waals surface area contributed by atoms with Gasteiger partial charge in [0.2, 0.25) is 5.91 Å². The van der Waals surface area contributed by atoms with Gasteiger partial charge in [-0.2, -0.15) is 0 Å². The van der Waals surface area contributed by atoms with E-state index in [1.807, 2.05) is 0 Å². The van der Waals surface area contributed by atoms with Gasteiger partial charge >= 0.3 is 0 Å². The summed E-state index contributed by atoms with van der Waals surface area (Å²) in [6.07, 6.45) is 6.66. The molecule has 1 aliphatic heterocycles. The van der Waals surface area contributed by atoms with Crippen molar-refractivity contribution in [3.05, 3.63) is 18.2 Å². The summed E-state index contributed by atoms with van der Waals surface area (Å²) in [4.78, 5) is 23.4. The van der Waals surface area contributed by atoms with Crippen molar-refractivity contribution in [3.63, 3.8) is 0 Å². The standard InChI is InChI=1S/C16H20N2O3/c19-15(8-11-4-2-1-3-5-11)17-12-6-7-14-13(9-12)18-16(20)10-21-14/h6-7,9,11H,1-5,8,10H2,(H,17,19)(H,18,20). The molecule has 0 bridgehead atoms. The Labute approximate surface area is 124 Å². The highest BCUT2D eigenvalue weighted by Gasteiger charge is 2.19. The molecule has 0 saturated heterocycles. The molecule has 0 unspecified atom stereocenters. The number of hydrogen-bond donors (Lipinski definition) is 2. The van der Waals surface area contributed by atoms with Crippen LogP contribution >= 0.6 is 0 Å². The van der Waals surface area contributed by atoms with Gasteiger partial charge in [0.1, 0.15) is 5.75 Å². The van der Waals surface area contributed by atoms with Crippen LogP contribution in [-0.2, 0) is 9.59 Å². The molecule has 0 aromatic heterocycles. The third kappa shape index (κ3) is 3.54. The Morgan fingerprint density at radius 3 is 2.90 bits per heavy atom. The van der Waals surface area contributed by atoms with E-state index in [2.05, 4.69) is 10.6 Å². The van der Waals surface area contributed by atoms with Gasteiger partial charge in [0, 0.05) is 12.1 Å². The molecule has 1 fully saturated rings. The SMILES string of the molecule is O=C(CC1CCCCC1)Nc1ccc2c(c1)NC(=O)CO2. The van der Waals surface area contributed by atoms with Gasteiger partial charge in [-0.1, -0.05) is 19.3 Å². The monoisotopic (exact) mass is 288 g/mol. The highest BCUT2D eigenvalue weighted by Crippen LogP contribution is 2.31. The summed E-state index contributed by atoms with van der Waals surface area (Å²) in [6, 6.07) is 5.31. The van der Waals surface area contributed by atoms with E-state index < -0.39 is 0 Å². The average molecular weight is 288 g/mol. The predicted molar refractivity (Wildman–Crippen MR) is 80.4 cm³/mol. The fourth-order valence-corrected chi connectivity index (χ4v) is 3.03. The third-order valence-corrected chi connectivity index (χ3v) is 4.09. The Hall–Kier alpha value is -2.04. The first-order valence-electron chi connectivity index (χ1n) is 7.57. The maximum Gasteiger partial charge on any atom is 0.262 e. The van der Waals surface area contributed by atoms with Crippen molar-refractivity contribution in [2.45, 2.75) is 38.5 Å². The molecule has 1 heterocycles. The molecule has 2 aliphatic rings. The number of nitrogens with one attached hydrogen (secondary N) is 2. The van der Waals surface area contributed by atoms with Crippen molar-refractivity contribution >= 4 is 23.2 Å². The van der Waals surface area contributed by atoms with Crippen LogP contribution in [0.3, 0.4) is 0 Å². The quantitative estimate of drug-likeness (QED) is 0.898. The van der Waals surface area contributed by atoms with E-state index in [0.29, 0.717) is 29.5 Å². The lowest BCUT2D eigenvalue weighted by molar-refractivity contribution is -0.118. The molecular weight excluding hydrogens is 268 g/mol. The number of ether oxygens (including phenoxy) is 1. The molecule has 3 rings (SSSR count). The van der Waals surface area contributed by atoms with Crippen molar-refractivity contribution in [1.29, 1.82) is 0 Å². The minimum atomic E-state index is -0.173. The number of carbonyl (C=O) groups excluding carboxylic acids is 2. The first-order chi connectivity index (χ1) is 10.2. The zero-order valence-electron chi connectivity index (χ0n) is 12.0. The van der Waals surface area contributed by atoms with Crippen molar-refractivity contribution < 1.29 is 14.3 Å². The molecule has 0 spiro atoms. The summed E-state index contributed by atoms with van der Waals surface area (Å²) < 4.78 is 5.29. The Morgan fingerprint density at radius 1 is 1.29 bits per heavy atom. The molecular formula is C16H20N2O3. The number of carbonyl (C=O) groups is 2. The molecule has 5 heteroatoms. The lowest BCUT2D eigenvalue weighted by Crippen LogP contribution is -2.25. The van der Waals surface area contributed by atoms with Gasteiger partial charge in [-0.25, -0.2) is 0 Å². The van der Waals surface area contributed by atoms with Crippen molar-refractivity contribution in [3.8, 4) is 5.75 Å². The van der Waals surface area contributed by atoms with E-state index in [1.165, 1.54) is 19.3 Å². The normalized spacial score (nSPS) is 18.4. The van der Waals surface area contributed by atoms with E-state index in [0.717, 1.165) is 12.8 Å². The highest BCUT2D eigenvalue weighted by molar-refractivity contribution is 5.97. The molecule has 1 aliphatic carbocycles. The van der Waals surface area contributed by atoms with E-state index in [4.69, 9.17) is 4.74 Å². The minimum Gasteiger partial charge on any atom is -0.482 e. The fraction of sp³-hybridized carbons (Fsp3) is 0.500. The van der Waals surface area contributed by atoms with Crippen LogP contribution in [0.4, 0.5) is 11.4 Å². The Kier molecular flexibility index (Phi) is 4.08. The van der Waals surface area contributed by atoms with Crippen molar-refractivity contribution in [2.24, 2.45) is 5.92 Å². The van der Waals surface area contributed by atoms with Gasteiger partial charge in [-0.3, -0.25) is 9.59 Å². The van der Waals surface area contributed by atoms with Gasteiger partial charge in [0.15, 0.2) is 6.61 Å². The van der Waals surface area contributed by atoms with Gasteiger partial charge in [-0.05, 0) is 37.0 Å². The first-order valence-corrected chi connectivity index (χ1v) is 7.57. The summed E-state index contributed by atoms with van der Waals surface area (Å²) in [5, 5.41) is 5.65. The summed E-state index contributed by atoms with van der Waals surface area (Å²) in [7, 11) is 0. The summed E-state index contributed by atoms with van der Waals surface area (Å²) >= 11 is 0. The predicted octanol–water partition coefficient (Wildman–Crippen LogP) is 2.93. The average Bonchev–Trinajstić information content (AvgIpc) is 2.47. The third-order valence-electron chi connectivity index (χ3n) is 4.09. The van der Waals surface area contributed by atoms with Crippen LogP contribution < -0.4 is 15.4 Å². The first kappa shape index (κ1) is 13.9. The fourth-order valence-electron chi connectivity index (χ4n) is 3.03. The molecule has 21 heavy (non-hydrogen) atoms. The van der Waals surface area contributed by atoms with Crippen LogP contribution in [0.5, 0.6) is 5.75 Å². The van der Waals surface area contributed by atoms with Gasteiger partial charge in [-0.15, -0.1) is 0 Å². The Balaban J connectivity index is 1.60. The number of hydrogen-bond acceptors (Lipinski definition) is 3. The molecule has 2 N–H and O–H groups in total. The van der Waals surface area contributed by atoms with Crippen LogP contribution in [0.2, 0.25) is 0 Å². The van der Waals surface area contributed by atoms with Crippen LogP contribution in [0.1, 0.15) is 38.5 Å². The second-order valence-corrected chi connectivity index (χ2v) is 5.80. The summed E-state index contributed by atoms with van der Waals surface area (Å²) in [5.41, 5.74) is 1.31. The molecule has 5 nitrogen and oxygen atoms in total. The second kappa shape index (κ2) is 6.16. The van der Waals surface area contributed by atoms with E-state index in [-0.39, 0.29) is 18.4 Å². The number of anilines is 2. The summed E-state index contributed by atoms with van der Waals surface area (Å²) in [5.74, 6) is 1.03. The minimum absolute atomic E-state index is 0.0420. The molecule has 2 amide bonds. The Morgan fingerprint density at radius 2 is 2.10 bits per heavy atom. The maximum absolute atomic E-state index is 12.1. The zero-order chi connectivity index (χ0) is 14.7. The van der Waals surface area contributed by atoms with Crippen molar-refractivity contribution in [1.82, 2.24) is 0 Å². The zero-order valence-corrected chi connectivity index (χ0v) is 12.0.